The zero-order valence-electron chi connectivity index (χ0n) is 12.0. The molecule has 1 saturated carbocycles. The number of hydrogen-bond donors (Lipinski definition) is 1. The van der Waals surface area contributed by atoms with Crippen molar-refractivity contribution in [3.8, 4) is 0 Å². The van der Waals surface area contributed by atoms with E-state index in [-0.39, 0.29) is 11.0 Å². The topological polar surface area (TPSA) is 67.8 Å². The Morgan fingerprint density at radius 2 is 2.05 bits per heavy atom. The maximum Gasteiger partial charge on any atom is 0.349 e. The van der Waals surface area contributed by atoms with Crippen LogP contribution in [0.1, 0.15) is 39.0 Å². The van der Waals surface area contributed by atoms with E-state index >= 15 is 0 Å². The molecule has 2 fully saturated rings. The lowest BCUT2D eigenvalue weighted by Gasteiger charge is -2.51. The van der Waals surface area contributed by atoms with E-state index in [1.807, 2.05) is 0 Å². The Balaban J connectivity index is 1.91. The molecule has 1 aliphatic carbocycles. The summed E-state index contributed by atoms with van der Waals surface area (Å²) < 4.78 is 21.0. The molecule has 1 atom stereocenters. The van der Waals surface area contributed by atoms with Crippen LogP contribution in [0, 0.1) is 5.41 Å². The predicted molar refractivity (Wildman–Crippen MR) is 75.7 cm³/mol. The van der Waals surface area contributed by atoms with Gasteiger partial charge in [-0.1, -0.05) is 6.92 Å². The minimum atomic E-state index is -2.37. The van der Waals surface area contributed by atoms with Gasteiger partial charge in [0.25, 0.3) is 0 Å². The first-order valence-corrected chi connectivity index (χ1v) is 9.14. The fourth-order valence-electron chi connectivity index (χ4n) is 3.00. The molecule has 1 N–H and O–H groups in total. The van der Waals surface area contributed by atoms with E-state index in [0.717, 1.165) is 32.3 Å². The largest absolute Gasteiger partial charge is 0.375 e. The van der Waals surface area contributed by atoms with Crippen LogP contribution >= 0.6 is 0 Å². The smallest absolute Gasteiger partial charge is 0.349 e. The summed E-state index contributed by atoms with van der Waals surface area (Å²) in [5.74, 6) is 0. The standard InChI is InChI=1S/C13H24N2O3S/c1-12(10-14-11(16)15-19(2,3)17)7-8-18-13(9-12)5-4-6-13/h4-10H2,1-3H3,(H,14,16). The molecule has 1 saturated heterocycles. The Hall–Kier alpha value is -0.620. The molecule has 2 amide bonds. The van der Waals surface area contributed by atoms with Gasteiger partial charge in [-0.05, 0) is 37.5 Å². The van der Waals surface area contributed by atoms with Crippen molar-refractivity contribution in [1.82, 2.24) is 5.32 Å². The number of carbonyl (C=O) groups is 1. The molecular formula is C13H24N2O3S. The van der Waals surface area contributed by atoms with Crippen LogP contribution in [0.15, 0.2) is 4.36 Å². The van der Waals surface area contributed by atoms with Gasteiger partial charge in [0.2, 0.25) is 0 Å². The molecule has 1 unspecified atom stereocenters. The van der Waals surface area contributed by atoms with Crippen molar-refractivity contribution >= 4 is 15.8 Å². The molecule has 1 heterocycles. The molecule has 0 aromatic rings. The molecule has 0 radical (unpaired) electrons. The van der Waals surface area contributed by atoms with Crippen molar-refractivity contribution in [2.45, 2.75) is 44.6 Å². The van der Waals surface area contributed by atoms with Crippen molar-refractivity contribution in [1.29, 1.82) is 0 Å². The molecule has 0 aromatic carbocycles. The number of ether oxygens (including phenoxy) is 1. The van der Waals surface area contributed by atoms with Gasteiger partial charge in [0, 0.05) is 25.7 Å². The van der Waals surface area contributed by atoms with Crippen molar-refractivity contribution in [2.75, 3.05) is 25.7 Å². The van der Waals surface area contributed by atoms with Crippen LogP contribution in [0.4, 0.5) is 4.79 Å². The second-order valence-corrected chi connectivity index (χ2v) is 9.10. The second kappa shape index (κ2) is 5.05. The molecule has 2 rings (SSSR count). The third kappa shape index (κ3) is 3.92. The van der Waals surface area contributed by atoms with Crippen molar-refractivity contribution in [3.05, 3.63) is 0 Å². The first kappa shape index (κ1) is 14.8. The Bertz CT molecular complexity index is 470. The Labute approximate surface area is 115 Å². The van der Waals surface area contributed by atoms with E-state index < -0.39 is 15.8 Å². The van der Waals surface area contributed by atoms with Gasteiger partial charge in [0.1, 0.15) is 0 Å². The summed E-state index contributed by atoms with van der Waals surface area (Å²) in [6.45, 7) is 3.53. The van der Waals surface area contributed by atoms with Gasteiger partial charge in [-0.3, -0.25) is 0 Å². The fourth-order valence-corrected chi connectivity index (χ4v) is 3.46. The molecule has 2 aliphatic rings. The maximum atomic E-state index is 11.6. The average Bonchev–Trinajstić information content (AvgIpc) is 2.22. The first-order chi connectivity index (χ1) is 8.72. The van der Waals surface area contributed by atoms with Crippen LogP contribution in [-0.2, 0) is 14.5 Å². The van der Waals surface area contributed by atoms with Gasteiger partial charge in [-0.2, -0.15) is 0 Å². The highest BCUT2D eigenvalue weighted by Gasteiger charge is 2.47. The van der Waals surface area contributed by atoms with Gasteiger partial charge < -0.3 is 10.1 Å². The van der Waals surface area contributed by atoms with E-state index in [1.54, 1.807) is 0 Å². The van der Waals surface area contributed by atoms with Crippen LogP contribution < -0.4 is 5.32 Å². The molecule has 1 aliphatic heterocycles. The average molecular weight is 288 g/mol. The molecule has 5 nitrogen and oxygen atoms in total. The first-order valence-electron chi connectivity index (χ1n) is 6.81. The SMILES string of the molecule is CC1(CNC(=O)N=S(C)(C)=O)CCOC2(CCC2)C1. The van der Waals surface area contributed by atoms with Crippen LogP contribution in [0.3, 0.4) is 0 Å². The number of nitrogens with one attached hydrogen (secondary N) is 1. The highest BCUT2D eigenvalue weighted by atomic mass is 32.2. The molecule has 6 heteroatoms. The number of urea groups is 1. The Morgan fingerprint density at radius 3 is 2.58 bits per heavy atom. The summed E-state index contributed by atoms with van der Waals surface area (Å²) in [7, 11) is -2.37. The van der Waals surface area contributed by atoms with Gasteiger partial charge in [-0.25, -0.2) is 9.00 Å². The Kier molecular flexibility index (Phi) is 3.93. The summed E-state index contributed by atoms with van der Waals surface area (Å²) in [4.78, 5) is 11.6. The second-order valence-electron chi connectivity index (χ2n) is 6.55. The van der Waals surface area contributed by atoms with Crippen molar-refractivity contribution in [2.24, 2.45) is 9.78 Å². The predicted octanol–water partition coefficient (Wildman–Crippen LogP) is 2.16. The molecule has 110 valence electrons. The monoisotopic (exact) mass is 288 g/mol. The molecule has 1 spiro atoms. The lowest BCUT2D eigenvalue weighted by atomic mass is 9.66. The molecular weight excluding hydrogens is 264 g/mol. The van der Waals surface area contributed by atoms with E-state index in [9.17, 15) is 9.00 Å². The lowest BCUT2D eigenvalue weighted by Crippen LogP contribution is -2.51. The fraction of sp³-hybridized carbons (Fsp3) is 0.923. The summed E-state index contributed by atoms with van der Waals surface area (Å²) >= 11 is 0. The van der Waals surface area contributed by atoms with Gasteiger partial charge in [-0.15, -0.1) is 4.36 Å². The van der Waals surface area contributed by atoms with E-state index in [4.69, 9.17) is 4.74 Å². The van der Waals surface area contributed by atoms with E-state index in [1.165, 1.54) is 18.9 Å². The van der Waals surface area contributed by atoms with Crippen LogP contribution in [0.25, 0.3) is 0 Å². The number of nitrogens with zero attached hydrogens (tertiary/aromatic N) is 1. The maximum absolute atomic E-state index is 11.6. The lowest BCUT2D eigenvalue weighted by molar-refractivity contribution is -0.162. The summed E-state index contributed by atoms with van der Waals surface area (Å²) in [6, 6.07) is -0.467. The van der Waals surface area contributed by atoms with Crippen molar-refractivity contribution < 1.29 is 13.7 Å². The summed E-state index contributed by atoms with van der Waals surface area (Å²) in [5.41, 5.74) is 0.129. The number of amides is 2. The third-order valence-corrected chi connectivity index (χ3v) is 4.70. The third-order valence-electron chi connectivity index (χ3n) is 4.10. The number of hydrogen-bond acceptors (Lipinski definition) is 3. The van der Waals surface area contributed by atoms with Gasteiger partial charge in [0.15, 0.2) is 0 Å². The normalized spacial score (nSPS) is 29.6. The van der Waals surface area contributed by atoms with E-state index in [2.05, 4.69) is 16.6 Å². The van der Waals surface area contributed by atoms with Crippen LogP contribution in [0.5, 0.6) is 0 Å². The van der Waals surface area contributed by atoms with Crippen LogP contribution in [-0.4, -0.2) is 41.5 Å². The summed E-state index contributed by atoms with van der Waals surface area (Å²) in [6.07, 6.45) is 8.39. The van der Waals surface area contributed by atoms with Gasteiger partial charge in [0.05, 0.1) is 15.3 Å². The molecule has 0 aromatic heterocycles. The van der Waals surface area contributed by atoms with Gasteiger partial charge >= 0.3 is 6.03 Å². The molecule has 19 heavy (non-hydrogen) atoms. The van der Waals surface area contributed by atoms with Crippen molar-refractivity contribution in [3.63, 3.8) is 0 Å². The highest BCUT2D eigenvalue weighted by molar-refractivity contribution is 7.92. The number of rotatable bonds is 2. The zero-order chi connectivity index (χ0) is 14.1. The summed E-state index contributed by atoms with van der Waals surface area (Å²) in [5, 5.41) is 2.80. The number of carbonyl (C=O) groups excluding carboxylic acids is 1. The zero-order valence-corrected chi connectivity index (χ0v) is 12.8. The minimum absolute atomic E-state index is 0.0617. The highest BCUT2D eigenvalue weighted by Crippen LogP contribution is 2.48. The minimum Gasteiger partial charge on any atom is -0.375 e. The Morgan fingerprint density at radius 1 is 1.37 bits per heavy atom. The van der Waals surface area contributed by atoms with E-state index in [0.29, 0.717) is 6.54 Å². The quantitative estimate of drug-likeness (QED) is 0.846. The molecule has 0 bridgehead atoms. The van der Waals surface area contributed by atoms with Crippen LogP contribution in [0.2, 0.25) is 0 Å².